The first kappa shape index (κ1) is 26.2. The largest absolute Gasteiger partial charge is 0.463 e. The van der Waals surface area contributed by atoms with Crippen molar-refractivity contribution in [2.24, 2.45) is 57.2 Å². The Hall–Kier alpha value is -1.39. The second-order valence-corrected chi connectivity index (χ2v) is 13.9. The fraction of sp³-hybridized carbons (Fsp3) is 0.903. The van der Waals surface area contributed by atoms with Gasteiger partial charge in [-0.2, -0.15) is 0 Å². The first-order chi connectivity index (χ1) is 17.0. The highest BCUT2D eigenvalue weighted by Crippen LogP contribution is 2.68. The van der Waals surface area contributed by atoms with Crippen molar-refractivity contribution in [3.63, 3.8) is 0 Å². The number of esters is 2. The van der Waals surface area contributed by atoms with Gasteiger partial charge in [0, 0.05) is 37.9 Å². The van der Waals surface area contributed by atoms with Crippen molar-refractivity contribution in [2.45, 2.75) is 118 Å². The molecule has 0 aromatic heterocycles. The molecule has 4 aliphatic carbocycles. The molecule has 202 valence electrons. The first-order valence-electron chi connectivity index (χ1n) is 14.9. The molecule has 4 saturated carbocycles. The third-order valence-electron chi connectivity index (χ3n) is 11.9. The van der Waals surface area contributed by atoms with Crippen molar-refractivity contribution >= 4 is 17.7 Å². The van der Waals surface area contributed by atoms with Gasteiger partial charge < -0.3 is 9.47 Å². The van der Waals surface area contributed by atoms with Crippen molar-refractivity contribution < 1.29 is 19.1 Å². The molecule has 0 radical (unpaired) electrons. The van der Waals surface area contributed by atoms with Gasteiger partial charge in [-0.3, -0.25) is 14.6 Å². The zero-order valence-electron chi connectivity index (χ0n) is 23.6. The number of hydrogen-bond acceptors (Lipinski definition) is 5. The van der Waals surface area contributed by atoms with Crippen molar-refractivity contribution in [3.8, 4) is 0 Å². The van der Waals surface area contributed by atoms with Crippen molar-refractivity contribution in [2.75, 3.05) is 6.54 Å². The molecule has 0 aromatic rings. The summed E-state index contributed by atoms with van der Waals surface area (Å²) in [6.45, 7) is 13.9. The molecule has 11 atom stereocenters. The van der Waals surface area contributed by atoms with E-state index in [4.69, 9.17) is 14.5 Å². The average molecular weight is 500 g/mol. The molecule has 0 amide bonds. The standard InChI is InChI=1S/C31H49NO4/c1-18-7-10-27(32-17-18)19(2)29-28(36-21(4)34)16-26-24-9-8-22-15-23(35-20(3)33)11-13-30(22,5)25(24)12-14-31(26,29)6/h18-19,22-26,28-29H,7-17H2,1-6H3/t18-,19-,22+,23+,24-,25+,26+,28-,29+,30+,31+/m1/s1. The predicted molar refractivity (Wildman–Crippen MR) is 142 cm³/mol. The Morgan fingerprint density at radius 2 is 1.64 bits per heavy atom. The number of fused-ring (bicyclic) bond motifs is 5. The number of rotatable bonds is 4. The number of carbonyl (C=O) groups is 2. The molecule has 5 nitrogen and oxygen atoms in total. The fourth-order valence-electron chi connectivity index (χ4n) is 10.2. The Morgan fingerprint density at radius 3 is 2.31 bits per heavy atom. The molecule has 1 heterocycles. The Labute approximate surface area is 218 Å². The lowest BCUT2D eigenvalue weighted by Crippen LogP contribution is -2.54. The molecule has 0 spiro atoms. The van der Waals surface area contributed by atoms with Crippen LogP contribution in [0.15, 0.2) is 4.99 Å². The summed E-state index contributed by atoms with van der Waals surface area (Å²) in [5.41, 5.74) is 1.91. The van der Waals surface area contributed by atoms with E-state index in [0.29, 0.717) is 40.9 Å². The first-order valence-corrected chi connectivity index (χ1v) is 14.9. The van der Waals surface area contributed by atoms with Crippen LogP contribution in [0.3, 0.4) is 0 Å². The molecule has 5 rings (SSSR count). The van der Waals surface area contributed by atoms with E-state index in [2.05, 4.69) is 27.7 Å². The maximum absolute atomic E-state index is 12.2. The average Bonchev–Trinajstić information content (AvgIpc) is 3.10. The van der Waals surface area contributed by atoms with E-state index in [9.17, 15) is 9.59 Å². The number of aliphatic imine (C=N–C) groups is 1. The number of nitrogens with zero attached hydrogens (tertiary/aromatic N) is 1. The molecule has 0 N–H and O–H groups in total. The van der Waals surface area contributed by atoms with Gasteiger partial charge in [-0.05, 0) is 105 Å². The van der Waals surface area contributed by atoms with Crippen molar-refractivity contribution in [1.82, 2.24) is 0 Å². The van der Waals surface area contributed by atoms with Gasteiger partial charge in [0.15, 0.2) is 0 Å². The zero-order chi connectivity index (χ0) is 25.8. The molecule has 5 heteroatoms. The van der Waals surface area contributed by atoms with Crippen LogP contribution < -0.4 is 0 Å². The van der Waals surface area contributed by atoms with E-state index in [1.54, 1.807) is 13.8 Å². The van der Waals surface area contributed by atoms with E-state index in [1.807, 2.05) is 0 Å². The maximum Gasteiger partial charge on any atom is 0.302 e. The monoisotopic (exact) mass is 499 g/mol. The van der Waals surface area contributed by atoms with Crippen LogP contribution in [0.25, 0.3) is 0 Å². The van der Waals surface area contributed by atoms with Crippen LogP contribution in [-0.4, -0.2) is 36.4 Å². The quantitative estimate of drug-likeness (QED) is 0.408. The molecule has 0 unspecified atom stereocenters. The van der Waals surface area contributed by atoms with Gasteiger partial charge in [-0.25, -0.2) is 0 Å². The molecule has 0 aromatic carbocycles. The van der Waals surface area contributed by atoms with Crippen LogP contribution in [0.1, 0.15) is 106 Å². The van der Waals surface area contributed by atoms with Crippen molar-refractivity contribution in [1.29, 1.82) is 0 Å². The topological polar surface area (TPSA) is 65.0 Å². The van der Waals surface area contributed by atoms with Gasteiger partial charge in [0.25, 0.3) is 0 Å². The molecular weight excluding hydrogens is 450 g/mol. The van der Waals surface area contributed by atoms with Gasteiger partial charge in [0.05, 0.1) is 0 Å². The molecule has 36 heavy (non-hydrogen) atoms. The summed E-state index contributed by atoms with van der Waals surface area (Å²) in [6, 6.07) is 0. The molecule has 4 fully saturated rings. The van der Waals surface area contributed by atoms with E-state index >= 15 is 0 Å². The van der Waals surface area contributed by atoms with Gasteiger partial charge in [-0.1, -0.05) is 27.7 Å². The Kier molecular flexibility index (Phi) is 7.09. The lowest BCUT2D eigenvalue weighted by molar-refractivity contribution is -0.160. The number of ether oxygens (including phenoxy) is 2. The van der Waals surface area contributed by atoms with Gasteiger partial charge in [-0.15, -0.1) is 0 Å². The molecular formula is C31H49NO4. The summed E-state index contributed by atoms with van der Waals surface area (Å²) in [5, 5.41) is 0. The molecule has 5 aliphatic rings. The lowest BCUT2D eigenvalue weighted by atomic mass is 9.44. The van der Waals surface area contributed by atoms with Crippen LogP contribution in [0.5, 0.6) is 0 Å². The van der Waals surface area contributed by atoms with Crippen LogP contribution in [-0.2, 0) is 19.1 Å². The second kappa shape index (κ2) is 9.73. The summed E-state index contributed by atoms with van der Waals surface area (Å²) in [7, 11) is 0. The van der Waals surface area contributed by atoms with Crippen LogP contribution >= 0.6 is 0 Å². The molecule has 0 bridgehead atoms. The Bertz CT molecular complexity index is 899. The zero-order valence-corrected chi connectivity index (χ0v) is 23.6. The highest BCUT2D eigenvalue weighted by molar-refractivity contribution is 5.87. The SMILES string of the molecule is CC(=O)O[C@H]1CC[C@@]2(C)[C@@H](CC[C@@H]3[C@@H]2CC[C@]2(C)[C@@H]([C@H](C)C4=NC[C@H](C)CC4)[C@H](OC(C)=O)C[C@@H]32)C1. The van der Waals surface area contributed by atoms with Gasteiger partial charge >= 0.3 is 11.9 Å². The third kappa shape index (κ3) is 4.45. The van der Waals surface area contributed by atoms with E-state index in [0.717, 1.165) is 38.1 Å². The minimum absolute atomic E-state index is 0.0125. The predicted octanol–water partition coefficient (Wildman–Crippen LogP) is 6.63. The van der Waals surface area contributed by atoms with E-state index < -0.39 is 0 Å². The highest BCUT2D eigenvalue weighted by Gasteiger charge is 2.64. The summed E-state index contributed by atoms with van der Waals surface area (Å²) in [6.07, 6.45) is 11.7. The van der Waals surface area contributed by atoms with E-state index in [-0.39, 0.29) is 29.6 Å². The summed E-state index contributed by atoms with van der Waals surface area (Å²) in [5.74, 6) is 3.86. The highest BCUT2D eigenvalue weighted by atomic mass is 16.5. The molecule has 0 saturated heterocycles. The van der Waals surface area contributed by atoms with Crippen LogP contribution in [0.2, 0.25) is 0 Å². The minimum atomic E-state index is -0.134. The summed E-state index contributed by atoms with van der Waals surface area (Å²) >= 11 is 0. The number of hydrogen-bond donors (Lipinski definition) is 0. The summed E-state index contributed by atoms with van der Waals surface area (Å²) in [4.78, 5) is 28.9. The number of carbonyl (C=O) groups excluding carboxylic acids is 2. The van der Waals surface area contributed by atoms with Crippen molar-refractivity contribution in [3.05, 3.63) is 0 Å². The second-order valence-electron chi connectivity index (χ2n) is 13.9. The van der Waals surface area contributed by atoms with Gasteiger partial charge in [0.2, 0.25) is 0 Å². The van der Waals surface area contributed by atoms with Crippen LogP contribution in [0.4, 0.5) is 0 Å². The normalized spacial score (nSPS) is 47.0. The maximum atomic E-state index is 12.2. The van der Waals surface area contributed by atoms with E-state index in [1.165, 1.54) is 44.2 Å². The minimum Gasteiger partial charge on any atom is -0.463 e. The Balaban J connectivity index is 1.39. The third-order valence-corrected chi connectivity index (χ3v) is 11.9. The summed E-state index contributed by atoms with van der Waals surface area (Å²) < 4.78 is 11.8. The molecule has 1 aliphatic heterocycles. The lowest BCUT2D eigenvalue weighted by Gasteiger charge is -2.61. The van der Waals surface area contributed by atoms with Gasteiger partial charge in [0.1, 0.15) is 12.2 Å². The fourth-order valence-corrected chi connectivity index (χ4v) is 10.2. The van der Waals surface area contributed by atoms with Crippen LogP contribution in [0, 0.1) is 52.3 Å². The smallest absolute Gasteiger partial charge is 0.302 e. The Morgan fingerprint density at radius 1 is 0.917 bits per heavy atom.